The number of carbonyl (C=O) groups excluding carboxylic acids is 2. The second-order valence-electron chi connectivity index (χ2n) is 5.58. The average molecular weight is 329 g/mol. The second kappa shape index (κ2) is 7.16. The summed E-state index contributed by atoms with van der Waals surface area (Å²) in [6.45, 7) is 3.50. The third-order valence-corrected chi connectivity index (χ3v) is 3.96. The minimum atomic E-state index is -0.359. The number of cyclic esters (lactones) is 1. The summed E-state index contributed by atoms with van der Waals surface area (Å²) in [5.41, 5.74) is 2.56. The normalized spacial score (nSPS) is 13.9. The molecule has 2 amide bonds. The van der Waals surface area contributed by atoms with Crippen LogP contribution in [0.5, 0.6) is 0 Å². The summed E-state index contributed by atoms with van der Waals surface area (Å²) in [5.74, 6) is 0.568. The van der Waals surface area contributed by atoms with Gasteiger partial charge < -0.3 is 19.5 Å². The molecule has 1 aliphatic rings. The first-order chi connectivity index (χ1) is 11.6. The summed E-state index contributed by atoms with van der Waals surface area (Å²) in [7, 11) is 0. The molecule has 2 heterocycles. The number of amides is 2. The number of hydrogen-bond acceptors (Lipinski definition) is 5. The fraction of sp³-hybridized carbons (Fsp3) is 0.353. The first kappa shape index (κ1) is 16.0. The third kappa shape index (κ3) is 3.56. The van der Waals surface area contributed by atoms with E-state index in [2.05, 4.69) is 10.5 Å². The molecule has 1 aliphatic heterocycles. The lowest BCUT2D eigenvalue weighted by Crippen LogP contribution is -2.31. The molecule has 1 fully saturated rings. The van der Waals surface area contributed by atoms with Crippen LogP contribution in [0.2, 0.25) is 0 Å². The Morgan fingerprint density at radius 2 is 2.12 bits per heavy atom. The van der Waals surface area contributed by atoms with Crippen molar-refractivity contribution in [1.29, 1.82) is 0 Å². The number of nitrogens with zero attached hydrogens (tertiary/aromatic N) is 2. The van der Waals surface area contributed by atoms with E-state index < -0.39 is 0 Å². The maximum Gasteiger partial charge on any atom is 0.409 e. The van der Waals surface area contributed by atoms with Gasteiger partial charge in [-0.15, -0.1) is 0 Å². The van der Waals surface area contributed by atoms with E-state index in [1.165, 1.54) is 4.90 Å². The molecule has 0 atom stereocenters. The van der Waals surface area contributed by atoms with E-state index >= 15 is 0 Å². The third-order valence-electron chi connectivity index (χ3n) is 3.96. The Bertz CT molecular complexity index is 727. The Morgan fingerprint density at radius 1 is 1.33 bits per heavy atom. The molecule has 1 N–H and O–H groups in total. The van der Waals surface area contributed by atoms with Crippen molar-refractivity contribution in [1.82, 2.24) is 15.4 Å². The van der Waals surface area contributed by atoms with Crippen LogP contribution in [0.15, 0.2) is 34.9 Å². The van der Waals surface area contributed by atoms with Gasteiger partial charge in [0.15, 0.2) is 5.76 Å². The molecule has 2 aromatic rings. The van der Waals surface area contributed by atoms with E-state index in [4.69, 9.17) is 9.26 Å². The van der Waals surface area contributed by atoms with Crippen LogP contribution in [0.25, 0.3) is 11.3 Å². The van der Waals surface area contributed by atoms with Gasteiger partial charge in [0.1, 0.15) is 12.3 Å². The number of nitrogens with one attached hydrogen (secondary N) is 1. The molecule has 126 valence electrons. The molecular weight excluding hydrogens is 310 g/mol. The van der Waals surface area contributed by atoms with Crippen LogP contribution in [-0.2, 0) is 16.1 Å². The second-order valence-corrected chi connectivity index (χ2v) is 5.58. The highest BCUT2D eigenvalue weighted by molar-refractivity contribution is 5.77. The summed E-state index contributed by atoms with van der Waals surface area (Å²) in [6.07, 6.45) is -0.125. The summed E-state index contributed by atoms with van der Waals surface area (Å²) in [6, 6.07) is 9.70. The minimum absolute atomic E-state index is 0.140. The first-order valence-corrected chi connectivity index (χ1v) is 7.84. The van der Waals surface area contributed by atoms with Gasteiger partial charge in [-0.3, -0.25) is 4.79 Å². The van der Waals surface area contributed by atoms with E-state index in [1.54, 1.807) is 0 Å². The zero-order chi connectivity index (χ0) is 16.9. The predicted octanol–water partition coefficient (Wildman–Crippen LogP) is 2.11. The highest BCUT2D eigenvalue weighted by Crippen LogP contribution is 2.25. The zero-order valence-corrected chi connectivity index (χ0v) is 13.4. The van der Waals surface area contributed by atoms with E-state index in [9.17, 15) is 9.59 Å². The lowest BCUT2D eigenvalue weighted by Gasteiger charge is -2.11. The van der Waals surface area contributed by atoms with Crippen molar-refractivity contribution in [2.24, 2.45) is 0 Å². The molecule has 1 aromatic heterocycles. The van der Waals surface area contributed by atoms with Gasteiger partial charge in [-0.2, -0.15) is 0 Å². The van der Waals surface area contributed by atoms with Crippen LogP contribution >= 0.6 is 0 Å². The zero-order valence-electron chi connectivity index (χ0n) is 13.4. The van der Waals surface area contributed by atoms with Crippen LogP contribution in [0, 0.1) is 6.92 Å². The summed E-state index contributed by atoms with van der Waals surface area (Å²) >= 11 is 0. The molecule has 1 aromatic carbocycles. The van der Waals surface area contributed by atoms with E-state index in [0.717, 1.165) is 11.1 Å². The smallest absolute Gasteiger partial charge is 0.409 e. The number of ether oxygens (including phenoxy) is 1. The maximum absolute atomic E-state index is 11.9. The number of rotatable bonds is 6. The largest absolute Gasteiger partial charge is 0.448 e. The van der Waals surface area contributed by atoms with Gasteiger partial charge in [0, 0.05) is 24.1 Å². The summed E-state index contributed by atoms with van der Waals surface area (Å²) in [5, 5.41) is 6.84. The molecule has 0 spiro atoms. The van der Waals surface area contributed by atoms with Crippen molar-refractivity contribution in [3.8, 4) is 11.3 Å². The van der Waals surface area contributed by atoms with Crippen molar-refractivity contribution >= 4 is 12.0 Å². The van der Waals surface area contributed by atoms with Crippen molar-refractivity contribution in [2.75, 3.05) is 19.7 Å². The minimum Gasteiger partial charge on any atom is -0.448 e. The van der Waals surface area contributed by atoms with Gasteiger partial charge in [0.05, 0.1) is 13.1 Å². The topological polar surface area (TPSA) is 84.7 Å². The summed E-state index contributed by atoms with van der Waals surface area (Å²) < 4.78 is 10.2. The number of aromatic nitrogens is 1. The van der Waals surface area contributed by atoms with Gasteiger partial charge >= 0.3 is 6.09 Å². The van der Waals surface area contributed by atoms with Crippen molar-refractivity contribution < 1.29 is 18.8 Å². The van der Waals surface area contributed by atoms with Gasteiger partial charge in [0.2, 0.25) is 5.91 Å². The van der Waals surface area contributed by atoms with Crippen LogP contribution in [0.4, 0.5) is 4.79 Å². The highest BCUT2D eigenvalue weighted by Gasteiger charge is 2.22. The van der Waals surface area contributed by atoms with Gasteiger partial charge in [-0.25, -0.2) is 4.79 Å². The number of carbonyl (C=O) groups is 2. The molecule has 7 nitrogen and oxygen atoms in total. The Kier molecular flexibility index (Phi) is 4.79. The standard InChI is InChI=1S/C17H19N3O4/c1-12-14(19-24-16(12)13-5-3-2-4-6-13)11-18-15(21)7-8-20-9-10-23-17(20)22/h2-6H,7-11H2,1H3,(H,18,21). The lowest BCUT2D eigenvalue weighted by molar-refractivity contribution is -0.121. The molecule has 0 unspecified atom stereocenters. The van der Waals surface area contributed by atoms with E-state index in [0.29, 0.717) is 37.7 Å². The molecule has 1 saturated heterocycles. The SMILES string of the molecule is Cc1c(CNC(=O)CCN2CCOC2=O)noc1-c1ccccc1. The Hall–Kier alpha value is -2.83. The summed E-state index contributed by atoms with van der Waals surface area (Å²) in [4.78, 5) is 24.7. The van der Waals surface area contributed by atoms with Crippen LogP contribution in [0.3, 0.4) is 0 Å². The van der Waals surface area contributed by atoms with Crippen LogP contribution in [0.1, 0.15) is 17.7 Å². The molecule has 7 heteroatoms. The number of benzene rings is 1. The Morgan fingerprint density at radius 3 is 2.83 bits per heavy atom. The van der Waals surface area contributed by atoms with Crippen molar-refractivity contribution in [2.45, 2.75) is 19.9 Å². The Labute approximate surface area is 139 Å². The van der Waals surface area contributed by atoms with E-state index in [1.807, 2.05) is 37.3 Å². The van der Waals surface area contributed by atoms with Gasteiger partial charge in [-0.1, -0.05) is 35.5 Å². The molecular formula is C17H19N3O4. The van der Waals surface area contributed by atoms with Crippen LogP contribution in [-0.4, -0.2) is 41.8 Å². The monoisotopic (exact) mass is 329 g/mol. The van der Waals surface area contributed by atoms with Gasteiger partial charge in [0.25, 0.3) is 0 Å². The molecule has 24 heavy (non-hydrogen) atoms. The lowest BCUT2D eigenvalue weighted by atomic mass is 10.1. The highest BCUT2D eigenvalue weighted by atomic mass is 16.6. The van der Waals surface area contributed by atoms with E-state index in [-0.39, 0.29) is 18.4 Å². The fourth-order valence-electron chi connectivity index (χ4n) is 2.53. The molecule has 0 saturated carbocycles. The Balaban J connectivity index is 1.52. The first-order valence-electron chi connectivity index (χ1n) is 7.84. The molecule has 3 rings (SSSR count). The van der Waals surface area contributed by atoms with Crippen molar-refractivity contribution in [3.63, 3.8) is 0 Å². The van der Waals surface area contributed by atoms with Gasteiger partial charge in [-0.05, 0) is 6.92 Å². The quantitative estimate of drug-likeness (QED) is 0.877. The molecule has 0 aliphatic carbocycles. The average Bonchev–Trinajstić information content (AvgIpc) is 3.17. The fourth-order valence-corrected chi connectivity index (χ4v) is 2.53. The predicted molar refractivity (Wildman–Crippen MR) is 86.1 cm³/mol. The molecule has 0 bridgehead atoms. The maximum atomic E-state index is 11.9. The van der Waals surface area contributed by atoms with Crippen molar-refractivity contribution in [3.05, 3.63) is 41.6 Å². The van der Waals surface area contributed by atoms with Crippen LogP contribution < -0.4 is 5.32 Å². The molecule has 0 radical (unpaired) electrons. The number of hydrogen-bond donors (Lipinski definition) is 1.